The molecule has 0 aliphatic heterocycles. The van der Waals surface area contributed by atoms with Crippen LogP contribution < -0.4 is 5.56 Å². The first kappa shape index (κ1) is 13.6. The summed E-state index contributed by atoms with van der Waals surface area (Å²) in [5.41, 5.74) is -0.382. The highest BCUT2D eigenvalue weighted by Gasteiger charge is 2.10. The van der Waals surface area contributed by atoms with E-state index in [9.17, 15) is 9.90 Å². The molecule has 2 aromatic heterocycles. The Morgan fingerprint density at radius 1 is 1.68 bits per heavy atom. The quantitative estimate of drug-likeness (QED) is 0.669. The second kappa shape index (κ2) is 5.89. The molecule has 0 fully saturated rings. The van der Waals surface area contributed by atoms with Gasteiger partial charge in [-0.15, -0.1) is 11.3 Å². The van der Waals surface area contributed by atoms with E-state index in [2.05, 4.69) is 15.0 Å². The fraction of sp³-hybridized carbons (Fsp3) is 0.273. The molecule has 100 valence electrons. The molecule has 2 N–H and O–H groups in total. The van der Waals surface area contributed by atoms with Gasteiger partial charge < -0.3 is 5.11 Å². The van der Waals surface area contributed by atoms with Gasteiger partial charge in [0.05, 0.1) is 0 Å². The number of H-pyrrole nitrogens is 1. The van der Waals surface area contributed by atoms with Crippen molar-refractivity contribution in [2.45, 2.75) is 19.9 Å². The predicted molar refractivity (Wildman–Crippen MR) is 77.2 cm³/mol. The molecule has 0 atom stereocenters. The first-order valence-electron chi connectivity index (χ1n) is 5.63. The van der Waals surface area contributed by atoms with Gasteiger partial charge in [0, 0.05) is 24.3 Å². The first-order valence-corrected chi connectivity index (χ1v) is 6.92. The van der Waals surface area contributed by atoms with Crippen LogP contribution in [0.15, 0.2) is 21.4 Å². The van der Waals surface area contributed by atoms with E-state index in [0.29, 0.717) is 11.7 Å². The Labute approximate surface area is 118 Å². The lowest BCUT2D eigenvalue weighted by Crippen LogP contribution is -2.18. The summed E-state index contributed by atoms with van der Waals surface area (Å²) in [6.45, 7) is 2.48. The van der Waals surface area contributed by atoms with Gasteiger partial charge in [0.1, 0.15) is 5.56 Å². The van der Waals surface area contributed by atoms with Gasteiger partial charge in [-0.1, -0.05) is 6.92 Å². The van der Waals surface area contributed by atoms with Crippen molar-refractivity contribution in [1.82, 2.24) is 14.5 Å². The van der Waals surface area contributed by atoms with Crippen LogP contribution in [-0.4, -0.2) is 25.9 Å². The molecular formula is C11H12N4O2S2. The molecule has 0 spiro atoms. The highest BCUT2D eigenvalue weighted by Crippen LogP contribution is 2.16. The average Bonchev–Trinajstić information content (AvgIpc) is 2.87. The Bertz CT molecular complexity index is 700. The third-order valence-corrected chi connectivity index (χ3v) is 3.38. The maximum Gasteiger partial charge on any atom is 0.264 e. The molecular weight excluding hydrogens is 284 g/mol. The van der Waals surface area contributed by atoms with E-state index in [1.54, 1.807) is 11.6 Å². The van der Waals surface area contributed by atoms with Crippen molar-refractivity contribution < 1.29 is 5.11 Å². The zero-order valence-corrected chi connectivity index (χ0v) is 11.8. The van der Waals surface area contributed by atoms with E-state index in [1.807, 2.05) is 6.92 Å². The molecule has 19 heavy (non-hydrogen) atoms. The minimum absolute atomic E-state index is 0.0808. The van der Waals surface area contributed by atoms with Crippen LogP contribution in [0.5, 0.6) is 5.88 Å². The lowest BCUT2D eigenvalue weighted by Gasteiger charge is -2.09. The lowest BCUT2D eigenvalue weighted by atomic mass is 10.3. The Balaban J connectivity index is 2.48. The number of hydrogen-bond acceptors (Lipinski definition) is 6. The van der Waals surface area contributed by atoms with Crippen LogP contribution in [-0.2, 0) is 6.54 Å². The summed E-state index contributed by atoms with van der Waals surface area (Å²) in [7, 11) is 0. The molecule has 6 nitrogen and oxygen atoms in total. The summed E-state index contributed by atoms with van der Waals surface area (Å²) in [5, 5.41) is 12.4. The van der Waals surface area contributed by atoms with Gasteiger partial charge in [-0.3, -0.25) is 14.3 Å². The molecule has 0 aromatic carbocycles. The van der Waals surface area contributed by atoms with E-state index in [1.165, 1.54) is 22.1 Å². The summed E-state index contributed by atoms with van der Waals surface area (Å²) < 4.78 is 1.68. The molecule has 0 aliphatic rings. The van der Waals surface area contributed by atoms with Gasteiger partial charge in [-0.05, 0) is 18.6 Å². The largest absolute Gasteiger partial charge is 0.494 e. The molecule has 0 saturated carbocycles. The molecule has 0 aliphatic carbocycles. The summed E-state index contributed by atoms with van der Waals surface area (Å²) in [6.07, 6.45) is 3.70. The van der Waals surface area contributed by atoms with Gasteiger partial charge in [-0.2, -0.15) is 0 Å². The van der Waals surface area contributed by atoms with Crippen LogP contribution in [0.4, 0.5) is 5.13 Å². The molecule has 0 saturated heterocycles. The van der Waals surface area contributed by atoms with Crippen molar-refractivity contribution in [3.63, 3.8) is 0 Å². The average molecular weight is 296 g/mol. The summed E-state index contributed by atoms with van der Waals surface area (Å²) in [6, 6.07) is 0. The predicted octanol–water partition coefficient (Wildman–Crippen LogP) is 2.23. The Morgan fingerprint density at radius 3 is 3.11 bits per heavy atom. The molecule has 2 heterocycles. The standard InChI is InChI=1S/C11H12N4O2S2/c1-2-4-15-9(17)7(8(16)14-11(15)18)6-13-10-12-3-5-19-10/h3,5-6,17H,2,4H2,1H3,(H,14,16,18). The van der Waals surface area contributed by atoms with Gasteiger partial charge in [0.25, 0.3) is 5.56 Å². The Morgan fingerprint density at radius 2 is 2.47 bits per heavy atom. The zero-order chi connectivity index (χ0) is 13.8. The van der Waals surface area contributed by atoms with Crippen molar-refractivity contribution in [1.29, 1.82) is 0 Å². The highest BCUT2D eigenvalue weighted by molar-refractivity contribution is 7.71. The number of aromatic nitrogens is 3. The number of aromatic hydroxyl groups is 1. The summed E-state index contributed by atoms with van der Waals surface area (Å²) >= 11 is 6.35. The number of thiazole rings is 1. The molecule has 0 unspecified atom stereocenters. The second-order valence-corrected chi connectivity index (χ2v) is 4.98. The highest BCUT2D eigenvalue weighted by atomic mass is 32.1. The fourth-order valence-electron chi connectivity index (χ4n) is 1.52. The minimum atomic E-state index is -0.463. The summed E-state index contributed by atoms with van der Waals surface area (Å²) in [4.78, 5) is 22.3. The van der Waals surface area contributed by atoms with E-state index in [4.69, 9.17) is 12.2 Å². The molecule has 2 rings (SSSR count). The van der Waals surface area contributed by atoms with Crippen LogP contribution in [0, 0.1) is 4.77 Å². The number of nitrogens with one attached hydrogen (secondary N) is 1. The van der Waals surface area contributed by atoms with Crippen LogP contribution in [0.1, 0.15) is 18.9 Å². The first-order chi connectivity index (χ1) is 9.13. The van der Waals surface area contributed by atoms with Crippen LogP contribution >= 0.6 is 23.6 Å². The topological polar surface area (TPSA) is 83.3 Å². The fourth-order valence-corrected chi connectivity index (χ4v) is 2.27. The maximum atomic E-state index is 11.8. The Hall–Kier alpha value is -1.80. The maximum absolute atomic E-state index is 11.8. The van der Waals surface area contributed by atoms with Crippen LogP contribution in [0.2, 0.25) is 0 Å². The normalized spacial score (nSPS) is 11.2. The van der Waals surface area contributed by atoms with Crippen molar-refractivity contribution >= 4 is 34.9 Å². The smallest absolute Gasteiger partial charge is 0.264 e. The van der Waals surface area contributed by atoms with E-state index < -0.39 is 5.56 Å². The number of aromatic amines is 1. The zero-order valence-electron chi connectivity index (χ0n) is 10.2. The summed E-state index contributed by atoms with van der Waals surface area (Å²) in [5.74, 6) is -0.170. The van der Waals surface area contributed by atoms with Gasteiger partial charge in [0.15, 0.2) is 4.77 Å². The third-order valence-electron chi connectivity index (χ3n) is 2.38. The lowest BCUT2D eigenvalue weighted by molar-refractivity contribution is 0.402. The van der Waals surface area contributed by atoms with E-state index in [0.717, 1.165) is 6.42 Å². The molecule has 0 radical (unpaired) electrons. The van der Waals surface area contributed by atoms with Crippen molar-refractivity contribution in [3.8, 4) is 5.88 Å². The van der Waals surface area contributed by atoms with Gasteiger partial charge in [-0.25, -0.2) is 9.98 Å². The van der Waals surface area contributed by atoms with Gasteiger partial charge >= 0.3 is 0 Å². The van der Waals surface area contributed by atoms with E-state index >= 15 is 0 Å². The third kappa shape index (κ3) is 2.96. The molecule has 0 amide bonds. The van der Waals surface area contributed by atoms with Crippen molar-refractivity contribution in [3.05, 3.63) is 32.3 Å². The SMILES string of the molecule is CCCn1c(O)c(C=Nc2nccs2)c(=O)[nH]c1=S. The Kier molecular flexibility index (Phi) is 4.23. The van der Waals surface area contributed by atoms with Crippen molar-refractivity contribution in [2.24, 2.45) is 4.99 Å². The second-order valence-electron chi connectivity index (χ2n) is 3.72. The van der Waals surface area contributed by atoms with E-state index in [-0.39, 0.29) is 16.2 Å². The monoisotopic (exact) mass is 296 g/mol. The molecule has 8 heteroatoms. The van der Waals surface area contributed by atoms with Crippen LogP contribution in [0.25, 0.3) is 0 Å². The van der Waals surface area contributed by atoms with Crippen LogP contribution in [0.3, 0.4) is 0 Å². The molecule has 2 aromatic rings. The van der Waals surface area contributed by atoms with Gasteiger partial charge in [0.2, 0.25) is 11.0 Å². The number of hydrogen-bond donors (Lipinski definition) is 2. The van der Waals surface area contributed by atoms with Crippen molar-refractivity contribution in [2.75, 3.05) is 0 Å². The number of nitrogens with zero attached hydrogens (tertiary/aromatic N) is 3. The number of aliphatic imine (C=N–C) groups is 1. The number of rotatable bonds is 4. The minimum Gasteiger partial charge on any atom is -0.494 e. The molecule has 0 bridgehead atoms.